The van der Waals surface area contributed by atoms with Crippen molar-refractivity contribution >= 4 is 45.4 Å². The Labute approximate surface area is 209 Å². The molecule has 0 saturated heterocycles. The van der Waals surface area contributed by atoms with E-state index < -0.39 is 5.69 Å². The molecule has 36 heavy (non-hydrogen) atoms. The van der Waals surface area contributed by atoms with Gasteiger partial charge >= 0.3 is 5.69 Å². The summed E-state index contributed by atoms with van der Waals surface area (Å²) in [6, 6.07) is 5.60. The van der Waals surface area contributed by atoms with E-state index in [-0.39, 0.29) is 30.1 Å². The number of rotatable bonds is 6. The first kappa shape index (κ1) is 22.3. The zero-order valence-electron chi connectivity index (χ0n) is 18.4. The predicted octanol–water partition coefficient (Wildman–Crippen LogP) is 0.992. The van der Waals surface area contributed by atoms with Gasteiger partial charge in [-0.05, 0) is 31.1 Å². The summed E-state index contributed by atoms with van der Waals surface area (Å²) in [5, 5.41) is 29.0. The number of hydrogen-bond acceptors (Lipinski definition) is 10. The summed E-state index contributed by atoms with van der Waals surface area (Å²) in [7, 11) is 0. The molecule has 1 aliphatic rings. The van der Waals surface area contributed by atoms with Gasteiger partial charge in [0.1, 0.15) is 5.69 Å². The maximum atomic E-state index is 12.7. The van der Waals surface area contributed by atoms with Gasteiger partial charge in [-0.1, -0.05) is 0 Å². The van der Waals surface area contributed by atoms with E-state index in [1.54, 1.807) is 28.2 Å². The number of aromatic hydroxyl groups is 1. The molecule has 1 saturated carbocycles. The Morgan fingerprint density at radius 2 is 2.17 bits per heavy atom. The predicted molar refractivity (Wildman–Crippen MR) is 133 cm³/mol. The number of carbonyl (C=O) groups is 1. The van der Waals surface area contributed by atoms with Gasteiger partial charge in [-0.25, -0.2) is 14.8 Å². The first-order chi connectivity index (χ1) is 17.5. The van der Waals surface area contributed by atoms with E-state index in [2.05, 4.69) is 25.4 Å². The standard InChI is InChI=1S/C22H18N8O4S2/c31-8-12-9-35-22(25-12)29-20(33)16-4-3-15(36-16)13-6-17(24-11-1-2-11)30-18(26-13)10(7-23-30)5-14-19(32)28-21(34)27-14/h3-7,9,11,31-32H,1-2,8H2,(H,25,29,33)(H2,27,28,34)/b10-5-,24-17?. The van der Waals surface area contributed by atoms with Crippen LogP contribution in [0.3, 0.4) is 0 Å². The number of aromatic nitrogens is 6. The number of nitrogens with zero attached hydrogens (tertiary/aromatic N) is 5. The van der Waals surface area contributed by atoms with Crippen LogP contribution in [0.5, 0.6) is 5.88 Å². The summed E-state index contributed by atoms with van der Waals surface area (Å²) in [5.41, 5.74) is 1.92. The Balaban J connectivity index is 1.41. The Kier molecular flexibility index (Phi) is 5.47. The second-order valence-electron chi connectivity index (χ2n) is 8.10. The van der Waals surface area contributed by atoms with Crippen molar-refractivity contribution in [2.24, 2.45) is 4.99 Å². The smallest absolute Gasteiger partial charge is 0.326 e. The van der Waals surface area contributed by atoms with Crippen LogP contribution >= 0.6 is 22.7 Å². The van der Waals surface area contributed by atoms with Crippen LogP contribution in [0, 0.1) is 0 Å². The average Bonchev–Trinajstić information content (AvgIpc) is 3.24. The molecule has 5 aromatic heterocycles. The van der Waals surface area contributed by atoms with Crippen molar-refractivity contribution in [3.63, 3.8) is 0 Å². The average molecular weight is 523 g/mol. The number of aliphatic hydroxyl groups excluding tert-OH is 1. The molecule has 12 nitrogen and oxygen atoms in total. The molecule has 0 atom stereocenters. The van der Waals surface area contributed by atoms with Crippen molar-refractivity contribution in [2.45, 2.75) is 25.5 Å². The van der Waals surface area contributed by atoms with Crippen LogP contribution in [-0.4, -0.2) is 51.7 Å². The Bertz CT molecular complexity index is 1790. The maximum Gasteiger partial charge on any atom is 0.326 e. The van der Waals surface area contributed by atoms with E-state index >= 15 is 0 Å². The zero-order valence-corrected chi connectivity index (χ0v) is 20.1. The van der Waals surface area contributed by atoms with Crippen LogP contribution in [-0.2, 0) is 6.61 Å². The van der Waals surface area contributed by atoms with E-state index in [4.69, 9.17) is 15.1 Å². The quantitative estimate of drug-likeness (QED) is 0.221. The second-order valence-corrected chi connectivity index (χ2v) is 10.0. The third-order valence-electron chi connectivity index (χ3n) is 5.39. The maximum absolute atomic E-state index is 12.7. The SMILES string of the molecule is O=C(Nc1nc(CO)cs1)c1ccc(-c2cc(=NC3CC3)n3nc/c(=C/c4[nH]c(=O)[nH]c4O)c3n2)s1. The summed E-state index contributed by atoms with van der Waals surface area (Å²) in [5.74, 6) is -0.585. The molecule has 0 aliphatic heterocycles. The van der Waals surface area contributed by atoms with Crippen molar-refractivity contribution in [1.82, 2.24) is 29.5 Å². The number of H-pyrrole nitrogens is 2. The summed E-state index contributed by atoms with van der Waals surface area (Å²) < 4.78 is 1.62. The molecule has 0 radical (unpaired) electrons. The van der Waals surface area contributed by atoms with Gasteiger partial charge in [-0.2, -0.15) is 9.61 Å². The van der Waals surface area contributed by atoms with Crippen molar-refractivity contribution in [2.75, 3.05) is 5.32 Å². The molecule has 0 bridgehead atoms. The number of carbonyl (C=O) groups excluding carboxylic acids is 1. The minimum atomic E-state index is -0.525. The van der Waals surface area contributed by atoms with E-state index in [0.29, 0.717) is 37.8 Å². The molecular formula is C22H18N8O4S2. The molecule has 6 rings (SSSR count). The highest BCUT2D eigenvalue weighted by Crippen LogP contribution is 2.28. The molecule has 5 heterocycles. The van der Waals surface area contributed by atoms with Gasteiger partial charge in [0.2, 0.25) is 5.88 Å². The topological polar surface area (TPSA) is 174 Å². The van der Waals surface area contributed by atoms with Crippen LogP contribution in [0.1, 0.15) is 33.9 Å². The number of imidazole rings is 1. The van der Waals surface area contributed by atoms with Crippen LogP contribution in [0.25, 0.3) is 22.3 Å². The molecule has 14 heteroatoms. The van der Waals surface area contributed by atoms with Gasteiger partial charge in [0.15, 0.2) is 16.3 Å². The fourth-order valence-electron chi connectivity index (χ4n) is 3.52. The molecule has 5 N–H and O–H groups in total. The summed E-state index contributed by atoms with van der Waals surface area (Å²) in [6.07, 6.45) is 5.19. The van der Waals surface area contributed by atoms with Gasteiger partial charge in [0, 0.05) is 16.7 Å². The number of thiazole rings is 1. The second kappa shape index (κ2) is 8.82. The molecule has 0 unspecified atom stereocenters. The lowest BCUT2D eigenvalue weighted by atomic mass is 10.3. The number of nitrogens with one attached hydrogen (secondary N) is 3. The molecule has 1 aliphatic carbocycles. The fourth-order valence-corrected chi connectivity index (χ4v) is 5.07. The number of aromatic amines is 2. The van der Waals surface area contributed by atoms with Gasteiger partial charge < -0.3 is 15.2 Å². The van der Waals surface area contributed by atoms with Crippen LogP contribution in [0.15, 0.2) is 39.6 Å². The molecular weight excluding hydrogens is 504 g/mol. The van der Waals surface area contributed by atoms with Crippen molar-refractivity contribution in [3.05, 3.63) is 67.2 Å². The number of amides is 1. The minimum absolute atomic E-state index is 0.189. The molecule has 0 aromatic carbocycles. The highest BCUT2D eigenvalue weighted by molar-refractivity contribution is 7.17. The number of hydrogen-bond donors (Lipinski definition) is 5. The van der Waals surface area contributed by atoms with Crippen LogP contribution in [0.4, 0.5) is 5.13 Å². The van der Waals surface area contributed by atoms with Gasteiger partial charge in [0.25, 0.3) is 5.91 Å². The number of fused-ring (bicyclic) bond motifs is 1. The third-order valence-corrected chi connectivity index (χ3v) is 7.31. The summed E-state index contributed by atoms with van der Waals surface area (Å²) >= 11 is 2.52. The van der Waals surface area contributed by atoms with E-state index in [0.717, 1.165) is 17.7 Å². The highest BCUT2D eigenvalue weighted by Gasteiger charge is 2.21. The van der Waals surface area contributed by atoms with Gasteiger partial charge in [-0.3, -0.25) is 20.1 Å². The third kappa shape index (κ3) is 4.32. The number of aliphatic hydroxyl groups is 1. The first-order valence-electron chi connectivity index (χ1n) is 10.9. The molecule has 1 amide bonds. The normalized spacial score (nSPS) is 14.7. The van der Waals surface area contributed by atoms with Crippen molar-refractivity contribution in [1.29, 1.82) is 0 Å². The summed E-state index contributed by atoms with van der Waals surface area (Å²) in [4.78, 5) is 44.0. The molecule has 5 aromatic rings. The zero-order chi connectivity index (χ0) is 24.8. The van der Waals surface area contributed by atoms with Crippen LogP contribution < -0.4 is 21.7 Å². The molecule has 0 spiro atoms. The van der Waals surface area contributed by atoms with Crippen LogP contribution in [0.2, 0.25) is 0 Å². The minimum Gasteiger partial charge on any atom is -0.493 e. The lowest BCUT2D eigenvalue weighted by molar-refractivity contribution is 0.103. The molecule has 182 valence electrons. The lowest BCUT2D eigenvalue weighted by Gasteiger charge is -2.01. The lowest BCUT2D eigenvalue weighted by Crippen LogP contribution is -2.19. The fraction of sp³-hybridized carbons (Fsp3) is 0.182. The van der Waals surface area contributed by atoms with E-state index in [1.807, 2.05) is 12.1 Å². The Morgan fingerprint density at radius 1 is 1.31 bits per heavy atom. The van der Waals surface area contributed by atoms with Crippen molar-refractivity contribution in [3.8, 4) is 16.5 Å². The van der Waals surface area contributed by atoms with Gasteiger partial charge in [-0.15, -0.1) is 22.7 Å². The molecule has 1 fully saturated rings. The van der Waals surface area contributed by atoms with Crippen molar-refractivity contribution < 1.29 is 15.0 Å². The van der Waals surface area contributed by atoms with E-state index in [9.17, 15) is 14.7 Å². The number of anilines is 1. The van der Waals surface area contributed by atoms with Gasteiger partial charge in [0.05, 0.1) is 40.0 Å². The van der Waals surface area contributed by atoms with E-state index in [1.165, 1.54) is 22.7 Å². The highest BCUT2D eigenvalue weighted by atomic mass is 32.1. The first-order valence-corrected chi connectivity index (χ1v) is 12.6. The monoisotopic (exact) mass is 522 g/mol. The Hall–Kier alpha value is -4.14. The number of thiophene rings is 1. The largest absolute Gasteiger partial charge is 0.493 e. The summed E-state index contributed by atoms with van der Waals surface area (Å²) in [6.45, 7) is -0.189. The Morgan fingerprint density at radius 3 is 2.89 bits per heavy atom.